The summed E-state index contributed by atoms with van der Waals surface area (Å²) < 4.78 is 0. The highest BCUT2D eigenvalue weighted by atomic mass is 16.2. The highest BCUT2D eigenvalue weighted by Crippen LogP contribution is 2.14. The Morgan fingerprint density at radius 3 is 2.37 bits per heavy atom. The summed E-state index contributed by atoms with van der Waals surface area (Å²) in [5.41, 5.74) is 7.03. The highest BCUT2D eigenvalue weighted by molar-refractivity contribution is 5.89. The first-order valence-electron chi connectivity index (χ1n) is 6.34. The van der Waals surface area contributed by atoms with Gasteiger partial charge in [-0.25, -0.2) is 4.79 Å². The number of nitrogens with two attached hydrogens (primary N) is 1. The van der Waals surface area contributed by atoms with Crippen LogP contribution in [0, 0.1) is 5.41 Å². The number of amides is 2. The molecule has 19 heavy (non-hydrogen) atoms. The lowest BCUT2D eigenvalue weighted by atomic mass is 9.93. The lowest BCUT2D eigenvalue weighted by Crippen LogP contribution is -2.41. The summed E-state index contributed by atoms with van der Waals surface area (Å²) in [6.07, 6.45) is 0. The molecule has 2 amide bonds. The summed E-state index contributed by atoms with van der Waals surface area (Å²) in [4.78, 5) is 13.9. The van der Waals surface area contributed by atoms with Crippen LogP contribution in [-0.4, -0.2) is 38.1 Å². The molecule has 0 aliphatic heterocycles. The Kier molecular flexibility index (Phi) is 5.18. The molecule has 0 atom stereocenters. The summed E-state index contributed by atoms with van der Waals surface area (Å²) in [5.74, 6) is 0. The van der Waals surface area contributed by atoms with Gasteiger partial charge in [-0.1, -0.05) is 13.8 Å². The number of hydrogen-bond donors (Lipinski definition) is 3. The average molecular weight is 264 g/mol. The zero-order valence-electron chi connectivity index (χ0n) is 12.2. The van der Waals surface area contributed by atoms with Crippen molar-refractivity contribution in [3.63, 3.8) is 0 Å². The number of anilines is 2. The first-order chi connectivity index (χ1) is 8.78. The third kappa shape index (κ3) is 6.10. The summed E-state index contributed by atoms with van der Waals surface area (Å²) in [6.45, 7) is 5.77. The van der Waals surface area contributed by atoms with Gasteiger partial charge in [0.15, 0.2) is 0 Å². The van der Waals surface area contributed by atoms with Crippen LogP contribution in [0.15, 0.2) is 24.3 Å². The fraction of sp³-hybridized carbons (Fsp3) is 0.500. The van der Waals surface area contributed by atoms with Crippen molar-refractivity contribution in [1.82, 2.24) is 10.2 Å². The van der Waals surface area contributed by atoms with Gasteiger partial charge in [0.05, 0.1) is 0 Å². The van der Waals surface area contributed by atoms with Gasteiger partial charge in [0.2, 0.25) is 0 Å². The van der Waals surface area contributed by atoms with E-state index in [2.05, 4.69) is 29.4 Å². The SMILES string of the molecule is CN(C)CC(C)(C)CNC(=O)Nc1ccc(N)cc1. The zero-order chi connectivity index (χ0) is 14.5. The van der Waals surface area contributed by atoms with Gasteiger partial charge in [-0.2, -0.15) is 0 Å². The zero-order valence-corrected chi connectivity index (χ0v) is 12.2. The summed E-state index contributed by atoms with van der Waals surface area (Å²) in [5, 5.41) is 5.66. The molecule has 5 heteroatoms. The van der Waals surface area contributed by atoms with Crippen LogP contribution >= 0.6 is 0 Å². The second-order valence-electron chi connectivity index (χ2n) is 5.83. The lowest BCUT2D eigenvalue weighted by molar-refractivity contribution is 0.222. The minimum Gasteiger partial charge on any atom is -0.399 e. The standard InChI is InChI=1S/C14H24N4O/c1-14(2,10-18(3)4)9-16-13(19)17-12-7-5-11(15)6-8-12/h5-8H,9-10,15H2,1-4H3,(H2,16,17,19). The molecular formula is C14H24N4O. The molecule has 1 aromatic rings. The maximum absolute atomic E-state index is 11.8. The number of benzene rings is 1. The van der Waals surface area contributed by atoms with Crippen LogP contribution < -0.4 is 16.4 Å². The van der Waals surface area contributed by atoms with Crippen molar-refractivity contribution in [3.8, 4) is 0 Å². The minimum absolute atomic E-state index is 0.0297. The normalized spacial score (nSPS) is 11.4. The van der Waals surface area contributed by atoms with Crippen LogP contribution in [0.3, 0.4) is 0 Å². The third-order valence-corrected chi connectivity index (χ3v) is 2.64. The smallest absolute Gasteiger partial charge is 0.319 e. The molecular weight excluding hydrogens is 240 g/mol. The second kappa shape index (κ2) is 6.43. The van der Waals surface area contributed by atoms with E-state index in [4.69, 9.17) is 5.73 Å². The number of nitrogen functional groups attached to an aromatic ring is 1. The minimum atomic E-state index is -0.198. The molecule has 106 valence electrons. The Balaban J connectivity index is 2.41. The molecule has 1 aromatic carbocycles. The highest BCUT2D eigenvalue weighted by Gasteiger charge is 2.19. The van der Waals surface area contributed by atoms with E-state index in [0.717, 1.165) is 12.2 Å². The third-order valence-electron chi connectivity index (χ3n) is 2.64. The predicted octanol–water partition coefficient (Wildman–Crippen LogP) is 1.98. The monoisotopic (exact) mass is 264 g/mol. The first kappa shape index (κ1) is 15.3. The number of hydrogen-bond acceptors (Lipinski definition) is 3. The van der Waals surface area contributed by atoms with Crippen molar-refractivity contribution in [1.29, 1.82) is 0 Å². The molecule has 0 saturated heterocycles. The fourth-order valence-corrected chi connectivity index (χ4v) is 1.97. The number of urea groups is 1. The summed E-state index contributed by atoms with van der Waals surface area (Å²) >= 11 is 0. The summed E-state index contributed by atoms with van der Waals surface area (Å²) in [7, 11) is 4.05. The second-order valence-corrected chi connectivity index (χ2v) is 5.83. The van der Waals surface area contributed by atoms with Crippen LogP contribution in [-0.2, 0) is 0 Å². The Morgan fingerprint density at radius 1 is 1.26 bits per heavy atom. The first-order valence-corrected chi connectivity index (χ1v) is 6.34. The Labute approximate surface area is 115 Å². The number of nitrogens with one attached hydrogen (secondary N) is 2. The molecule has 0 spiro atoms. The van der Waals surface area contributed by atoms with Crippen LogP contribution in [0.1, 0.15) is 13.8 Å². The maximum Gasteiger partial charge on any atom is 0.319 e. The molecule has 0 aliphatic carbocycles. The molecule has 5 nitrogen and oxygen atoms in total. The van der Waals surface area contributed by atoms with Gasteiger partial charge in [0.1, 0.15) is 0 Å². The fourth-order valence-electron chi connectivity index (χ4n) is 1.97. The van der Waals surface area contributed by atoms with Crippen LogP contribution in [0.2, 0.25) is 0 Å². The van der Waals surface area contributed by atoms with E-state index in [0.29, 0.717) is 12.2 Å². The lowest BCUT2D eigenvalue weighted by Gasteiger charge is -2.28. The van der Waals surface area contributed by atoms with Gasteiger partial charge in [0, 0.05) is 24.5 Å². The molecule has 4 N–H and O–H groups in total. The van der Waals surface area contributed by atoms with Gasteiger partial charge in [0.25, 0.3) is 0 Å². The molecule has 0 aromatic heterocycles. The van der Waals surface area contributed by atoms with Crippen molar-refractivity contribution in [2.75, 3.05) is 38.2 Å². The number of nitrogens with zero attached hydrogens (tertiary/aromatic N) is 1. The molecule has 0 saturated carbocycles. The van der Waals surface area contributed by atoms with Crippen molar-refractivity contribution in [2.24, 2.45) is 5.41 Å². The molecule has 0 unspecified atom stereocenters. The topological polar surface area (TPSA) is 70.4 Å². The van der Waals surface area contributed by atoms with E-state index in [-0.39, 0.29) is 11.4 Å². The van der Waals surface area contributed by atoms with Gasteiger partial charge >= 0.3 is 6.03 Å². The van der Waals surface area contributed by atoms with Crippen LogP contribution in [0.4, 0.5) is 16.2 Å². The largest absolute Gasteiger partial charge is 0.399 e. The van der Waals surface area contributed by atoms with Crippen molar-refractivity contribution in [2.45, 2.75) is 13.8 Å². The van der Waals surface area contributed by atoms with E-state index in [1.807, 2.05) is 14.1 Å². The quantitative estimate of drug-likeness (QED) is 0.712. The molecule has 0 aliphatic rings. The van der Waals surface area contributed by atoms with Gasteiger partial charge in [-0.3, -0.25) is 0 Å². The van der Waals surface area contributed by atoms with E-state index < -0.39 is 0 Å². The van der Waals surface area contributed by atoms with E-state index in [9.17, 15) is 4.79 Å². The Hall–Kier alpha value is -1.75. The molecule has 0 radical (unpaired) electrons. The molecule has 0 bridgehead atoms. The van der Waals surface area contributed by atoms with Crippen LogP contribution in [0.5, 0.6) is 0 Å². The Bertz CT molecular complexity index is 412. The number of rotatable bonds is 5. The average Bonchev–Trinajstić information content (AvgIpc) is 2.28. The van der Waals surface area contributed by atoms with E-state index in [1.54, 1.807) is 24.3 Å². The van der Waals surface area contributed by atoms with Crippen LogP contribution in [0.25, 0.3) is 0 Å². The molecule has 1 rings (SSSR count). The molecule has 0 heterocycles. The van der Waals surface area contributed by atoms with Crippen molar-refractivity contribution < 1.29 is 4.79 Å². The van der Waals surface area contributed by atoms with Gasteiger partial charge in [-0.05, 0) is 43.8 Å². The number of carbonyl (C=O) groups excluding carboxylic acids is 1. The Morgan fingerprint density at radius 2 is 1.84 bits per heavy atom. The van der Waals surface area contributed by atoms with Gasteiger partial charge < -0.3 is 21.3 Å². The predicted molar refractivity (Wildman–Crippen MR) is 80.2 cm³/mol. The summed E-state index contributed by atoms with van der Waals surface area (Å²) in [6, 6.07) is 6.87. The molecule has 0 fully saturated rings. The maximum atomic E-state index is 11.8. The van der Waals surface area contributed by atoms with Crippen molar-refractivity contribution in [3.05, 3.63) is 24.3 Å². The van der Waals surface area contributed by atoms with Crippen molar-refractivity contribution >= 4 is 17.4 Å². The number of carbonyl (C=O) groups is 1. The van der Waals surface area contributed by atoms with Gasteiger partial charge in [-0.15, -0.1) is 0 Å². The van der Waals surface area contributed by atoms with E-state index in [1.165, 1.54) is 0 Å². The van der Waals surface area contributed by atoms with E-state index >= 15 is 0 Å².